The van der Waals surface area contributed by atoms with Crippen molar-refractivity contribution in [3.63, 3.8) is 0 Å². The van der Waals surface area contributed by atoms with Crippen molar-refractivity contribution in [2.24, 2.45) is 0 Å². The molecule has 142 valence electrons. The van der Waals surface area contributed by atoms with Crippen molar-refractivity contribution in [2.45, 2.75) is 44.4 Å². The maximum Gasteiger partial charge on any atom is 0.294 e. The lowest BCUT2D eigenvalue weighted by Gasteiger charge is -2.19. The Morgan fingerprint density at radius 1 is 1.08 bits per heavy atom. The quantitative estimate of drug-likeness (QED) is 0.501. The number of benzene rings is 1. The number of hydrogen-bond acceptors (Lipinski definition) is 5. The van der Waals surface area contributed by atoms with Crippen molar-refractivity contribution in [3.8, 4) is 11.5 Å². The minimum absolute atomic E-state index is 0.0442. The second-order valence-electron chi connectivity index (χ2n) is 5.88. The van der Waals surface area contributed by atoms with Gasteiger partial charge in [-0.15, -0.1) is 0 Å². The topological polar surface area (TPSA) is 93.1 Å². The van der Waals surface area contributed by atoms with Gasteiger partial charge in [-0.2, -0.15) is 8.42 Å². The first-order valence-electron chi connectivity index (χ1n) is 8.35. The first-order chi connectivity index (χ1) is 11.7. The molecule has 0 spiro atoms. The maximum absolute atomic E-state index is 12.5. The van der Waals surface area contributed by atoms with Crippen LogP contribution in [0.15, 0.2) is 17.0 Å². The smallest absolute Gasteiger partial charge is 0.294 e. The lowest BCUT2D eigenvalue weighted by Crippen LogP contribution is -2.23. The Kier molecular flexibility index (Phi) is 8.18. The highest BCUT2D eigenvalue weighted by molar-refractivity contribution is 7.85. The molecule has 0 aliphatic carbocycles. The van der Waals surface area contributed by atoms with Gasteiger partial charge >= 0.3 is 0 Å². The summed E-state index contributed by atoms with van der Waals surface area (Å²) in [5, 5.41) is 0. The third kappa shape index (κ3) is 6.21. The van der Waals surface area contributed by atoms with Crippen molar-refractivity contribution >= 4 is 16.0 Å². The van der Waals surface area contributed by atoms with Gasteiger partial charge in [0.05, 0.1) is 23.7 Å². The predicted octanol–water partition coefficient (Wildman–Crippen LogP) is 2.99. The molecule has 0 radical (unpaired) electrons. The summed E-state index contributed by atoms with van der Waals surface area (Å²) in [6.45, 7) is 4.73. The molecule has 0 heterocycles. The first-order valence-corrected chi connectivity index (χ1v) is 9.79. The average molecular weight is 373 g/mol. The lowest BCUT2D eigenvalue weighted by molar-refractivity contribution is 0.0821. The number of amides is 1. The van der Waals surface area contributed by atoms with Crippen LogP contribution in [0.2, 0.25) is 0 Å². The molecule has 1 aromatic rings. The molecule has 0 atom stereocenters. The van der Waals surface area contributed by atoms with Gasteiger partial charge in [-0.1, -0.05) is 26.7 Å². The Labute approximate surface area is 149 Å². The van der Waals surface area contributed by atoms with E-state index in [1.54, 1.807) is 14.1 Å². The zero-order valence-electron chi connectivity index (χ0n) is 15.2. The second kappa shape index (κ2) is 9.62. The number of rotatable bonds is 10. The average Bonchev–Trinajstić information content (AvgIpc) is 2.54. The molecule has 0 unspecified atom stereocenters. The number of carbonyl (C=O) groups is 1. The molecule has 0 aliphatic heterocycles. The summed E-state index contributed by atoms with van der Waals surface area (Å²) in [6, 6.07) is 2.31. The lowest BCUT2D eigenvalue weighted by atomic mass is 10.1. The molecular weight excluding hydrogens is 346 g/mol. The molecule has 7 nitrogen and oxygen atoms in total. The van der Waals surface area contributed by atoms with E-state index in [1.165, 1.54) is 11.0 Å². The summed E-state index contributed by atoms with van der Waals surface area (Å²) >= 11 is 0. The van der Waals surface area contributed by atoms with Crippen LogP contribution in [0.1, 0.15) is 49.9 Å². The van der Waals surface area contributed by atoms with Crippen LogP contribution < -0.4 is 9.47 Å². The molecule has 8 heteroatoms. The molecule has 0 aliphatic rings. The van der Waals surface area contributed by atoms with E-state index in [2.05, 4.69) is 0 Å². The van der Waals surface area contributed by atoms with Gasteiger partial charge in [0.25, 0.3) is 16.0 Å². The summed E-state index contributed by atoms with van der Waals surface area (Å²) < 4.78 is 43.9. The Bertz CT molecular complexity index is 685. The van der Waals surface area contributed by atoms with E-state index in [0.29, 0.717) is 13.2 Å². The molecule has 25 heavy (non-hydrogen) atoms. The van der Waals surface area contributed by atoms with Gasteiger partial charge in [-0.3, -0.25) is 9.35 Å². The molecule has 1 rings (SSSR count). The van der Waals surface area contributed by atoms with Gasteiger partial charge in [-0.25, -0.2) is 0 Å². The third-order valence-corrected chi connectivity index (χ3v) is 4.29. The largest absolute Gasteiger partial charge is 0.490 e. The highest BCUT2D eigenvalue weighted by Crippen LogP contribution is 2.35. The van der Waals surface area contributed by atoms with Crippen LogP contribution in [-0.2, 0) is 10.1 Å². The molecular formula is C17H27NO6S. The molecule has 0 fully saturated rings. The molecule has 0 aromatic heterocycles. The first kappa shape index (κ1) is 21.2. The van der Waals surface area contributed by atoms with Gasteiger partial charge in [0.1, 0.15) is 0 Å². The molecule has 1 aromatic carbocycles. The molecule has 1 N–H and O–H groups in total. The normalized spacial score (nSPS) is 11.2. The van der Waals surface area contributed by atoms with Crippen molar-refractivity contribution in [3.05, 3.63) is 17.7 Å². The Hall–Kier alpha value is -1.80. The maximum atomic E-state index is 12.5. The summed E-state index contributed by atoms with van der Waals surface area (Å²) in [6.07, 6.45) is 3.35. The van der Waals surface area contributed by atoms with Crippen LogP contribution in [0.4, 0.5) is 0 Å². The van der Waals surface area contributed by atoms with E-state index in [4.69, 9.17) is 9.47 Å². The standard InChI is InChI=1S/C17H27NO6S/c1-5-7-9-23-15-12-13(25(20,21)22)11-14(17(19)18(3)4)16(15)24-10-8-6-2/h11-12H,5-10H2,1-4H3,(H,20,21,22). The monoisotopic (exact) mass is 373 g/mol. The van der Waals surface area contributed by atoms with E-state index in [9.17, 15) is 17.8 Å². The fraction of sp³-hybridized carbons (Fsp3) is 0.588. The van der Waals surface area contributed by atoms with Crippen LogP contribution >= 0.6 is 0 Å². The van der Waals surface area contributed by atoms with Gasteiger partial charge < -0.3 is 14.4 Å². The van der Waals surface area contributed by atoms with Gasteiger partial charge in [0, 0.05) is 20.2 Å². The van der Waals surface area contributed by atoms with Crippen LogP contribution in [0.3, 0.4) is 0 Å². The highest BCUT2D eigenvalue weighted by atomic mass is 32.2. The van der Waals surface area contributed by atoms with Crippen LogP contribution in [-0.4, -0.2) is 51.1 Å². The highest BCUT2D eigenvalue weighted by Gasteiger charge is 2.24. The van der Waals surface area contributed by atoms with Crippen molar-refractivity contribution in [1.29, 1.82) is 0 Å². The van der Waals surface area contributed by atoms with Gasteiger partial charge in [0.2, 0.25) is 0 Å². The SMILES string of the molecule is CCCCOc1cc(S(=O)(=O)O)cc(C(=O)N(C)C)c1OCCCC. The molecule has 0 saturated heterocycles. The summed E-state index contributed by atoms with van der Waals surface area (Å²) in [4.78, 5) is 13.4. The number of unbranched alkanes of at least 4 members (excludes halogenated alkanes) is 2. The number of carbonyl (C=O) groups excluding carboxylic acids is 1. The fourth-order valence-electron chi connectivity index (χ4n) is 2.03. The van der Waals surface area contributed by atoms with E-state index < -0.39 is 20.9 Å². The van der Waals surface area contributed by atoms with Crippen molar-refractivity contribution < 1.29 is 27.2 Å². The predicted molar refractivity (Wildman–Crippen MR) is 95.1 cm³/mol. The van der Waals surface area contributed by atoms with Crippen LogP contribution in [0, 0.1) is 0 Å². The van der Waals surface area contributed by atoms with E-state index in [1.807, 2.05) is 13.8 Å². The van der Waals surface area contributed by atoms with Crippen molar-refractivity contribution in [2.75, 3.05) is 27.3 Å². The minimum Gasteiger partial charge on any atom is -0.490 e. The van der Waals surface area contributed by atoms with E-state index in [0.717, 1.165) is 31.7 Å². The minimum atomic E-state index is -4.49. The Morgan fingerprint density at radius 2 is 1.64 bits per heavy atom. The number of ether oxygens (including phenoxy) is 2. The Balaban J connectivity index is 3.44. The number of hydrogen-bond donors (Lipinski definition) is 1. The van der Waals surface area contributed by atoms with E-state index in [-0.39, 0.29) is 17.1 Å². The summed E-state index contributed by atoms with van der Waals surface area (Å²) in [7, 11) is -1.38. The molecule has 1 amide bonds. The zero-order chi connectivity index (χ0) is 19.0. The molecule has 0 saturated carbocycles. The van der Waals surface area contributed by atoms with Crippen LogP contribution in [0.5, 0.6) is 11.5 Å². The second-order valence-corrected chi connectivity index (χ2v) is 7.30. The fourth-order valence-corrected chi connectivity index (χ4v) is 2.55. The van der Waals surface area contributed by atoms with Gasteiger partial charge in [-0.05, 0) is 18.9 Å². The number of nitrogens with zero attached hydrogens (tertiary/aromatic N) is 1. The third-order valence-electron chi connectivity index (χ3n) is 3.46. The Morgan fingerprint density at radius 3 is 2.12 bits per heavy atom. The van der Waals surface area contributed by atoms with Crippen molar-refractivity contribution in [1.82, 2.24) is 4.90 Å². The van der Waals surface area contributed by atoms with E-state index >= 15 is 0 Å². The van der Waals surface area contributed by atoms with Crippen LogP contribution in [0.25, 0.3) is 0 Å². The summed E-state index contributed by atoms with van der Waals surface area (Å²) in [5.41, 5.74) is 0.0442. The summed E-state index contributed by atoms with van der Waals surface area (Å²) in [5.74, 6) is -0.0853. The zero-order valence-corrected chi connectivity index (χ0v) is 16.1. The molecule has 0 bridgehead atoms. The van der Waals surface area contributed by atoms with Gasteiger partial charge in [0.15, 0.2) is 11.5 Å².